The van der Waals surface area contributed by atoms with Gasteiger partial charge in [-0.25, -0.2) is 13.6 Å². The molecule has 2 aromatic rings. The number of rotatable bonds is 3. The van der Waals surface area contributed by atoms with Crippen LogP contribution >= 0.6 is 11.8 Å². The van der Waals surface area contributed by atoms with E-state index in [1.54, 1.807) is 19.9 Å². The molecule has 0 unspecified atom stereocenters. The zero-order valence-corrected chi connectivity index (χ0v) is 11.6. The van der Waals surface area contributed by atoms with Gasteiger partial charge in [0.2, 0.25) is 0 Å². The van der Waals surface area contributed by atoms with Crippen molar-refractivity contribution in [1.82, 2.24) is 4.98 Å². The van der Waals surface area contributed by atoms with E-state index >= 15 is 0 Å². The van der Waals surface area contributed by atoms with Crippen LogP contribution in [0.1, 0.15) is 21.7 Å². The van der Waals surface area contributed by atoms with E-state index in [2.05, 4.69) is 4.98 Å². The summed E-state index contributed by atoms with van der Waals surface area (Å²) < 4.78 is 26.5. The Morgan fingerprint density at radius 2 is 1.90 bits per heavy atom. The van der Waals surface area contributed by atoms with Crippen LogP contribution < -0.4 is 0 Å². The number of carboxylic acids is 1. The van der Waals surface area contributed by atoms with Crippen molar-refractivity contribution in [2.24, 2.45) is 0 Å². The SMILES string of the molecule is Cc1cc(Sc2ccc(F)cc2F)c(C(=O)O)c(C)n1. The van der Waals surface area contributed by atoms with Gasteiger partial charge in [0.05, 0.1) is 11.3 Å². The van der Waals surface area contributed by atoms with Gasteiger partial charge in [-0.3, -0.25) is 4.98 Å². The van der Waals surface area contributed by atoms with Crippen LogP contribution in [0.15, 0.2) is 34.1 Å². The number of hydrogen-bond acceptors (Lipinski definition) is 3. The predicted molar refractivity (Wildman–Crippen MR) is 71.2 cm³/mol. The van der Waals surface area contributed by atoms with Gasteiger partial charge in [-0.05, 0) is 32.0 Å². The van der Waals surface area contributed by atoms with Crippen molar-refractivity contribution in [2.75, 3.05) is 0 Å². The summed E-state index contributed by atoms with van der Waals surface area (Å²) in [5.41, 5.74) is 1.03. The van der Waals surface area contributed by atoms with Crippen molar-refractivity contribution in [3.63, 3.8) is 0 Å². The molecule has 0 saturated heterocycles. The van der Waals surface area contributed by atoms with Gasteiger partial charge < -0.3 is 5.11 Å². The van der Waals surface area contributed by atoms with Gasteiger partial charge in [0.25, 0.3) is 0 Å². The molecule has 0 saturated carbocycles. The number of benzene rings is 1. The highest BCUT2D eigenvalue weighted by Gasteiger charge is 2.17. The molecule has 0 amide bonds. The van der Waals surface area contributed by atoms with Crippen LogP contribution in [0.3, 0.4) is 0 Å². The second-order valence-electron chi connectivity index (χ2n) is 4.20. The quantitative estimate of drug-likeness (QED) is 0.935. The minimum absolute atomic E-state index is 0.0318. The first-order chi connectivity index (χ1) is 9.38. The van der Waals surface area contributed by atoms with Crippen molar-refractivity contribution < 1.29 is 18.7 Å². The third-order valence-corrected chi connectivity index (χ3v) is 3.71. The van der Waals surface area contributed by atoms with E-state index in [1.807, 2.05) is 0 Å². The van der Waals surface area contributed by atoms with Crippen molar-refractivity contribution in [1.29, 1.82) is 0 Å². The fraction of sp³-hybridized carbons (Fsp3) is 0.143. The van der Waals surface area contributed by atoms with Gasteiger partial charge in [-0.1, -0.05) is 11.8 Å². The fourth-order valence-corrected chi connectivity index (χ4v) is 2.91. The monoisotopic (exact) mass is 295 g/mol. The number of pyridine rings is 1. The largest absolute Gasteiger partial charge is 0.478 e. The molecule has 0 aliphatic carbocycles. The Hall–Kier alpha value is -1.95. The van der Waals surface area contributed by atoms with Crippen molar-refractivity contribution in [2.45, 2.75) is 23.6 Å². The number of hydrogen-bond donors (Lipinski definition) is 1. The predicted octanol–water partition coefficient (Wildman–Crippen LogP) is 3.83. The number of aromatic nitrogens is 1. The smallest absolute Gasteiger partial charge is 0.338 e. The zero-order valence-electron chi connectivity index (χ0n) is 10.8. The molecule has 0 radical (unpaired) electrons. The van der Waals surface area contributed by atoms with Crippen LogP contribution in [-0.2, 0) is 0 Å². The molecule has 0 aliphatic rings. The first-order valence-corrected chi connectivity index (χ1v) is 6.54. The third kappa shape index (κ3) is 2.96. The average molecular weight is 295 g/mol. The summed E-state index contributed by atoms with van der Waals surface area (Å²) in [7, 11) is 0. The van der Waals surface area contributed by atoms with Crippen LogP contribution in [0.25, 0.3) is 0 Å². The van der Waals surface area contributed by atoms with Crippen LogP contribution in [0.2, 0.25) is 0 Å². The minimum Gasteiger partial charge on any atom is -0.478 e. The first-order valence-electron chi connectivity index (χ1n) is 5.73. The molecule has 1 N–H and O–H groups in total. The maximum Gasteiger partial charge on any atom is 0.338 e. The van der Waals surface area contributed by atoms with Gasteiger partial charge in [0.15, 0.2) is 0 Å². The molecule has 0 spiro atoms. The highest BCUT2D eigenvalue weighted by atomic mass is 32.2. The fourth-order valence-electron chi connectivity index (χ4n) is 1.81. The molecule has 0 atom stereocenters. The first kappa shape index (κ1) is 14.5. The molecular weight excluding hydrogens is 284 g/mol. The summed E-state index contributed by atoms with van der Waals surface area (Å²) in [5.74, 6) is -2.52. The standard InChI is InChI=1S/C14H11F2NO2S/c1-7-5-12(13(14(18)19)8(2)17-7)20-11-4-3-9(15)6-10(11)16/h3-6H,1-2H3,(H,18,19). The molecule has 1 aromatic heterocycles. The normalized spacial score (nSPS) is 10.6. The zero-order chi connectivity index (χ0) is 14.9. The summed E-state index contributed by atoms with van der Waals surface area (Å²) in [6.07, 6.45) is 0. The summed E-state index contributed by atoms with van der Waals surface area (Å²) in [6.45, 7) is 3.31. The Balaban J connectivity index is 2.50. The second kappa shape index (κ2) is 5.58. The highest BCUT2D eigenvalue weighted by molar-refractivity contribution is 7.99. The van der Waals surface area contributed by atoms with Crippen LogP contribution in [0, 0.1) is 25.5 Å². The number of carboxylic acid groups (broad SMARTS) is 1. The van der Waals surface area contributed by atoms with E-state index in [4.69, 9.17) is 0 Å². The maximum absolute atomic E-state index is 13.6. The van der Waals surface area contributed by atoms with Gasteiger partial charge in [0, 0.05) is 21.6 Å². The third-order valence-electron chi connectivity index (χ3n) is 2.62. The second-order valence-corrected chi connectivity index (χ2v) is 5.29. The maximum atomic E-state index is 13.6. The topological polar surface area (TPSA) is 50.2 Å². The lowest BCUT2D eigenvalue weighted by atomic mass is 10.2. The van der Waals surface area contributed by atoms with Gasteiger partial charge in [-0.15, -0.1) is 0 Å². The molecule has 6 heteroatoms. The van der Waals surface area contributed by atoms with Crippen molar-refractivity contribution in [3.8, 4) is 0 Å². The summed E-state index contributed by atoms with van der Waals surface area (Å²) in [5, 5.41) is 9.22. The lowest BCUT2D eigenvalue weighted by Crippen LogP contribution is -2.05. The van der Waals surface area contributed by atoms with Gasteiger partial charge in [-0.2, -0.15) is 0 Å². The van der Waals surface area contributed by atoms with Gasteiger partial charge >= 0.3 is 5.97 Å². The van der Waals surface area contributed by atoms with E-state index in [1.165, 1.54) is 6.07 Å². The summed E-state index contributed by atoms with van der Waals surface area (Å²) in [4.78, 5) is 15.9. The van der Waals surface area contributed by atoms with Crippen LogP contribution in [0.4, 0.5) is 8.78 Å². The van der Waals surface area contributed by atoms with E-state index in [0.717, 1.165) is 23.9 Å². The van der Waals surface area contributed by atoms with E-state index in [-0.39, 0.29) is 10.5 Å². The van der Waals surface area contributed by atoms with Crippen LogP contribution in [-0.4, -0.2) is 16.1 Å². The molecule has 3 nitrogen and oxygen atoms in total. The molecule has 0 fully saturated rings. The lowest BCUT2D eigenvalue weighted by molar-refractivity contribution is 0.0691. The number of aryl methyl sites for hydroxylation is 2. The van der Waals surface area contributed by atoms with Crippen molar-refractivity contribution >= 4 is 17.7 Å². The Labute approximate surface area is 118 Å². The van der Waals surface area contributed by atoms with Crippen LogP contribution in [0.5, 0.6) is 0 Å². The number of aromatic carboxylic acids is 1. The van der Waals surface area contributed by atoms with E-state index in [9.17, 15) is 18.7 Å². The Morgan fingerprint density at radius 1 is 1.20 bits per heavy atom. The number of nitrogens with zero attached hydrogens (tertiary/aromatic N) is 1. The molecule has 2 rings (SSSR count). The summed E-state index contributed by atoms with van der Waals surface area (Å²) >= 11 is 0.944. The number of halogens is 2. The van der Waals surface area contributed by atoms with E-state index < -0.39 is 17.6 Å². The Kier molecular flexibility index (Phi) is 4.04. The Morgan fingerprint density at radius 3 is 2.50 bits per heavy atom. The Bertz CT molecular complexity index is 689. The molecule has 1 heterocycles. The highest BCUT2D eigenvalue weighted by Crippen LogP contribution is 2.33. The molecule has 104 valence electrons. The molecule has 1 aromatic carbocycles. The summed E-state index contributed by atoms with van der Waals surface area (Å²) in [6, 6.07) is 4.76. The number of carbonyl (C=O) groups is 1. The lowest BCUT2D eigenvalue weighted by Gasteiger charge is -2.10. The molecule has 0 aliphatic heterocycles. The minimum atomic E-state index is -1.12. The molecule has 20 heavy (non-hydrogen) atoms. The van der Waals surface area contributed by atoms with Gasteiger partial charge in [0.1, 0.15) is 11.6 Å². The van der Waals surface area contributed by atoms with Crippen molar-refractivity contribution in [3.05, 3.63) is 52.9 Å². The van der Waals surface area contributed by atoms with E-state index in [0.29, 0.717) is 16.3 Å². The average Bonchev–Trinajstić information content (AvgIpc) is 2.31. The molecule has 0 bridgehead atoms. The molecular formula is C14H11F2NO2S.